The number of ether oxygens (including phenoxy) is 1. The number of nitrogens with zero attached hydrogens (tertiary/aromatic N) is 1. The molecule has 0 aromatic heterocycles. The van der Waals surface area contributed by atoms with Gasteiger partial charge in [0.15, 0.2) is 6.61 Å². The molecule has 0 fully saturated rings. The zero-order valence-corrected chi connectivity index (χ0v) is 13.3. The Morgan fingerprint density at radius 1 is 1.17 bits per heavy atom. The first-order valence-corrected chi connectivity index (χ1v) is 7.12. The Hall–Kier alpha value is -2.89. The van der Waals surface area contributed by atoms with Crippen molar-refractivity contribution in [2.75, 3.05) is 11.9 Å². The zero-order chi connectivity index (χ0) is 17.0. The smallest absolute Gasteiger partial charge is 0.272 e. The van der Waals surface area contributed by atoms with Gasteiger partial charge in [-0.1, -0.05) is 12.1 Å². The summed E-state index contributed by atoms with van der Waals surface area (Å²) in [6.07, 6.45) is 0. The number of nitro groups is 1. The number of hydrogen-bond acceptors (Lipinski definition) is 4. The van der Waals surface area contributed by atoms with Crippen molar-refractivity contribution in [2.24, 2.45) is 0 Å². The minimum absolute atomic E-state index is 0.0228. The molecule has 2 rings (SSSR count). The number of rotatable bonds is 5. The Labute approximate surface area is 134 Å². The lowest BCUT2D eigenvalue weighted by Gasteiger charge is -2.11. The van der Waals surface area contributed by atoms with Gasteiger partial charge in [-0.3, -0.25) is 14.9 Å². The first-order valence-electron chi connectivity index (χ1n) is 7.12. The highest BCUT2D eigenvalue weighted by molar-refractivity contribution is 5.92. The molecule has 1 amide bonds. The van der Waals surface area contributed by atoms with Gasteiger partial charge in [-0.2, -0.15) is 0 Å². The SMILES string of the molecule is Cc1cc(NC(=O)COc2cccc(C)c2C)ccc1[N+](=O)[O-]. The molecule has 6 heteroatoms. The van der Waals surface area contributed by atoms with Crippen molar-refractivity contribution >= 4 is 17.3 Å². The zero-order valence-electron chi connectivity index (χ0n) is 13.3. The van der Waals surface area contributed by atoms with Crippen LogP contribution in [0.15, 0.2) is 36.4 Å². The van der Waals surface area contributed by atoms with E-state index >= 15 is 0 Å². The van der Waals surface area contributed by atoms with Gasteiger partial charge < -0.3 is 10.1 Å². The van der Waals surface area contributed by atoms with Gasteiger partial charge in [0.05, 0.1) is 4.92 Å². The lowest BCUT2D eigenvalue weighted by molar-refractivity contribution is -0.385. The maximum atomic E-state index is 11.9. The normalized spacial score (nSPS) is 10.2. The first-order chi connectivity index (χ1) is 10.9. The number of amides is 1. The molecule has 0 saturated heterocycles. The summed E-state index contributed by atoms with van der Waals surface area (Å²) in [7, 11) is 0. The van der Waals surface area contributed by atoms with Crippen molar-refractivity contribution in [3.05, 3.63) is 63.2 Å². The summed E-state index contributed by atoms with van der Waals surface area (Å²) in [4.78, 5) is 22.3. The van der Waals surface area contributed by atoms with E-state index in [1.165, 1.54) is 12.1 Å². The molecule has 0 bridgehead atoms. The molecule has 0 aliphatic rings. The molecular formula is C17H18N2O4. The van der Waals surface area contributed by atoms with Gasteiger partial charge in [0.25, 0.3) is 11.6 Å². The van der Waals surface area contributed by atoms with E-state index in [1.54, 1.807) is 13.0 Å². The Bertz CT molecular complexity index is 756. The maximum Gasteiger partial charge on any atom is 0.272 e. The van der Waals surface area contributed by atoms with Crippen LogP contribution in [-0.4, -0.2) is 17.4 Å². The molecule has 2 aromatic carbocycles. The van der Waals surface area contributed by atoms with Crippen LogP contribution in [0.3, 0.4) is 0 Å². The molecule has 0 spiro atoms. The second kappa shape index (κ2) is 6.91. The molecule has 0 heterocycles. The van der Waals surface area contributed by atoms with Crippen molar-refractivity contribution in [1.82, 2.24) is 0 Å². The van der Waals surface area contributed by atoms with E-state index in [1.807, 2.05) is 32.0 Å². The third kappa shape index (κ3) is 4.06. The number of aryl methyl sites for hydroxylation is 2. The summed E-state index contributed by atoms with van der Waals surface area (Å²) in [5.41, 5.74) is 3.10. The molecule has 0 radical (unpaired) electrons. The van der Waals surface area contributed by atoms with Crippen LogP contribution in [0.25, 0.3) is 0 Å². The van der Waals surface area contributed by atoms with Crippen LogP contribution in [0, 0.1) is 30.9 Å². The molecular weight excluding hydrogens is 296 g/mol. The fourth-order valence-corrected chi connectivity index (χ4v) is 2.16. The first kappa shape index (κ1) is 16.5. The van der Waals surface area contributed by atoms with Crippen LogP contribution >= 0.6 is 0 Å². The lowest BCUT2D eigenvalue weighted by Crippen LogP contribution is -2.20. The quantitative estimate of drug-likeness (QED) is 0.676. The minimum Gasteiger partial charge on any atom is -0.483 e. The average Bonchev–Trinajstić information content (AvgIpc) is 2.48. The standard InChI is InChI=1S/C17H18N2O4/c1-11-5-4-6-16(13(11)3)23-10-17(20)18-14-7-8-15(19(21)22)12(2)9-14/h4-9H,10H2,1-3H3,(H,18,20). The highest BCUT2D eigenvalue weighted by Gasteiger charge is 2.12. The third-order valence-electron chi connectivity index (χ3n) is 3.59. The molecule has 23 heavy (non-hydrogen) atoms. The molecule has 0 aliphatic heterocycles. The molecule has 6 nitrogen and oxygen atoms in total. The van der Waals surface area contributed by atoms with Crippen LogP contribution < -0.4 is 10.1 Å². The molecule has 0 atom stereocenters. The van der Waals surface area contributed by atoms with Gasteiger partial charge in [0, 0.05) is 17.3 Å². The second-order valence-electron chi connectivity index (χ2n) is 5.29. The summed E-state index contributed by atoms with van der Waals surface area (Å²) in [6, 6.07) is 10.1. The van der Waals surface area contributed by atoms with Gasteiger partial charge in [-0.25, -0.2) is 0 Å². The molecule has 0 unspecified atom stereocenters. The largest absolute Gasteiger partial charge is 0.483 e. The highest BCUT2D eigenvalue weighted by atomic mass is 16.6. The van der Waals surface area contributed by atoms with Gasteiger partial charge >= 0.3 is 0 Å². The van der Waals surface area contributed by atoms with Crippen LogP contribution in [0.5, 0.6) is 5.75 Å². The molecule has 0 aliphatic carbocycles. The number of hydrogen-bond donors (Lipinski definition) is 1. The van der Waals surface area contributed by atoms with Crippen molar-refractivity contribution in [3.8, 4) is 5.75 Å². The van der Waals surface area contributed by atoms with E-state index in [2.05, 4.69) is 5.32 Å². The van der Waals surface area contributed by atoms with Crippen molar-refractivity contribution in [2.45, 2.75) is 20.8 Å². The van der Waals surface area contributed by atoms with Gasteiger partial charge in [0.2, 0.25) is 0 Å². The number of carbonyl (C=O) groups excluding carboxylic acids is 1. The fraction of sp³-hybridized carbons (Fsp3) is 0.235. The van der Waals surface area contributed by atoms with E-state index in [4.69, 9.17) is 4.74 Å². The van der Waals surface area contributed by atoms with E-state index in [-0.39, 0.29) is 18.2 Å². The van der Waals surface area contributed by atoms with Gasteiger partial charge in [-0.05, 0) is 50.1 Å². The third-order valence-corrected chi connectivity index (χ3v) is 3.59. The Morgan fingerprint density at radius 2 is 1.91 bits per heavy atom. The van der Waals surface area contributed by atoms with Crippen LogP contribution in [-0.2, 0) is 4.79 Å². The van der Waals surface area contributed by atoms with E-state index in [0.29, 0.717) is 17.0 Å². The number of nitro benzene ring substituents is 1. The molecule has 1 N–H and O–H groups in total. The van der Waals surface area contributed by atoms with Crippen molar-refractivity contribution < 1.29 is 14.5 Å². The Morgan fingerprint density at radius 3 is 2.57 bits per heavy atom. The summed E-state index contributed by atoms with van der Waals surface area (Å²) in [5, 5.41) is 13.4. The predicted octanol–water partition coefficient (Wildman–Crippen LogP) is 3.54. The summed E-state index contributed by atoms with van der Waals surface area (Å²) >= 11 is 0. The van der Waals surface area contributed by atoms with E-state index in [9.17, 15) is 14.9 Å². The van der Waals surface area contributed by atoms with Gasteiger partial charge in [-0.15, -0.1) is 0 Å². The van der Waals surface area contributed by atoms with Crippen molar-refractivity contribution in [3.63, 3.8) is 0 Å². The molecule has 2 aromatic rings. The number of benzene rings is 2. The average molecular weight is 314 g/mol. The van der Waals surface area contributed by atoms with Crippen molar-refractivity contribution in [1.29, 1.82) is 0 Å². The Balaban J connectivity index is 1.99. The van der Waals surface area contributed by atoms with Crippen LogP contribution in [0.4, 0.5) is 11.4 Å². The predicted molar refractivity (Wildman–Crippen MR) is 87.9 cm³/mol. The maximum absolute atomic E-state index is 11.9. The number of nitrogens with one attached hydrogen (secondary N) is 1. The molecule has 120 valence electrons. The Kier molecular flexibility index (Phi) is 4.95. The minimum atomic E-state index is -0.454. The molecule has 0 saturated carbocycles. The number of carbonyl (C=O) groups is 1. The summed E-state index contributed by atoms with van der Waals surface area (Å²) in [6.45, 7) is 5.41. The number of anilines is 1. The van der Waals surface area contributed by atoms with E-state index in [0.717, 1.165) is 11.1 Å². The van der Waals surface area contributed by atoms with E-state index < -0.39 is 4.92 Å². The van der Waals surface area contributed by atoms with Crippen LogP contribution in [0.2, 0.25) is 0 Å². The second-order valence-corrected chi connectivity index (χ2v) is 5.29. The lowest BCUT2D eigenvalue weighted by atomic mass is 10.1. The fourth-order valence-electron chi connectivity index (χ4n) is 2.16. The van der Waals surface area contributed by atoms with Gasteiger partial charge in [0.1, 0.15) is 5.75 Å². The highest BCUT2D eigenvalue weighted by Crippen LogP contribution is 2.22. The van der Waals surface area contributed by atoms with Crippen LogP contribution in [0.1, 0.15) is 16.7 Å². The monoisotopic (exact) mass is 314 g/mol. The summed E-state index contributed by atoms with van der Waals surface area (Å²) < 4.78 is 5.52. The topological polar surface area (TPSA) is 81.5 Å². The summed E-state index contributed by atoms with van der Waals surface area (Å²) in [5.74, 6) is 0.346.